The summed E-state index contributed by atoms with van der Waals surface area (Å²) < 4.78 is 6.45. The molecule has 0 saturated heterocycles. The summed E-state index contributed by atoms with van der Waals surface area (Å²) in [5.41, 5.74) is 3.44. The zero-order valence-corrected chi connectivity index (χ0v) is 13.3. The molecule has 1 unspecified atom stereocenters. The number of hydrogen-bond donors (Lipinski definition) is 0. The molecule has 0 N–H and O–H groups in total. The second kappa shape index (κ2) is 6.44. The first-order chi connectivity index (χ1) is 9.13. The number of halogens is 2. The quantitative estimate of drug-likeness (QED) is 0.688. The van der Waals surface area contributed by atoms with Crippen LogP contribution >= 0.6 is 27.5 Å². The molecule has 1 atom stereocenters. The van der Waals surface area contributed by atoms with Gasteiger partial charge in [0, 0.05) is 4.47 Å². The molecule has 2 aromatic carbocycles. The second-order valence-electron chi connectivity index (χ2n) is 4.46. The van der Waals surface area contributed by atoms with Crippen LogP contribution in [0.15, 0.2) is 46.9 Å². The van der Waals surface area contributed by atoms with Crippen LogP contribution in [-0.2, 0) is 6.42 Å². The largest absolute Gasteiger partial charge is 0.496 e. The van der Waals surface area contributed by atoms with E-state index in [0.29, 0.717) is 0 Å². The van der Waals surface area contributed by atoms with Crippen LogP contribution in [0.4, 0.5) is 0 Å². The molecule has 0 amide bonds. The lowest BCUT2D eigenvalue weighted by molar-refractivity contribution is 0.409. The molecule has 0 aliphatic rings. The molecule has 2 rings (SSSR count). The lowest BCUT2D eigenvalue weighted by atomic mass is 10.0. The predicted octanol–water partition coefficient (Wildman–Crippen LogP) is 5.29. The van der Waals surface area contributed by atoms with Crippen molar-refractivity contribution in [3.63, 3.8) is 0 Å². The summed E-state index contributed by atoms with van der Waals surface area (Å²) in [6, 6.07) is 14.2. The fraction of sp³-hybridized carbons (Fsp3) is 0.250. The lowest BCUT2D eigenvalue weighted by Gasteiger charge is -2.15. The third-order valence-corrected chi connectivity index (χ3v) is 4.62. The van der Waals surface area contributed by atoms with Crippen molar-refractivity contribution in [1.82, 2.24) is 0 Å². The monoisotopic (exact) mass is 338 g/mol. The van der Waals surface area contributed by atoms with Gasteiger partial charge in [-0.2, -0.15) is 0 Å². The number of para-hydroxylation sites is 1. The number of ether oxygens (including phenoxy) is 1. The van der Waals surface area contributed by atoms with Crippen LogP contribution in [0.2, 0.25) is 0 Å². The van der Waals surface area contributed by atoms with E-state index in [1.165, 1.54) is 5.56 Å². The number of benzene rings is 2. The Morgan fingerprint density at radius 2 is 1.89 bits per heavy atom. The minimum Gasteiger partial charge on any atom is -0.496 e. The molecule has 0 fully saturated rings. The Balaban J connectivity index is 2.26. The predicted molar refractivity (Wildman–Crippen MR) is 84.2 cm³/mol. The summed E-state index contributed by atoms with van der Waals surface area (Å²) in [5, 5.41) is -0.0782. The van der Waals surface area contributed by atoms with Gasteiger partial charge in [-0.15, -0.1) is 11.6 Å². The van der Waals surface area contributed by atoms with E-state index in [1.807, 2.05) is 24.3 Å². The fourth-order valence-electron chi connectivity index (χ4n) is 2.09. The van der Waals surface area contributed by atoms with Crippen LogP contribution in [-0.4, -0.2) is 7.11 Å². The summed E-state index contributed by atoms with van der Waals surface area (Å²) in [6.45, 7) is 2.07. The summed E-state index contributed by atoms with van der Waals surface area (Å²) in [7, 11) is 1.69. The summed E-state index contributed by atoms with van der Waals surface area (Å²) in [5.74, 6) is 0.886. The van der Waals surface area contributed by atoms with Gasteiger partial charge in [0.1, 0.15) is 5.75 Å². The average molecular weight is 340 g/mol. The highest BCUT2D eigenvalue weighted by Gasteiger charge is 2.15. The van der Waals surface area contributed by atoms with Crippen LogP contribution in [0.5, 0.6) is 5.75 Å². The molecular weight excluding hydrogens is 324 g/mol. The van der Waals surface area contributed by atoms with E-state index in [1.54, 1.807) is 7.11 Å². The van der Waals surface area contributed by atoms with E-state index in [2.05, 4.69) is 41.1 Å². The molecule has 100 valence electrons. The van der Waals surface area contributed by atoms with Crippen molar-refractivity contribution in [2.75, 3.05) is 7.11 Å². The van der Waals surface area contributed by atoms with Gasteiger partial charge in [-0.1, -0.05) is 52.3 Å². The van der Waals surface area contributed by atoms with E-state index < -0.39 is 0 Å². The maximum absolute atomic E-state index is 6.56. The topological polar surface area (TPSA) is 9.23 Å². The van der Waals surface area contributed by atoms with E-state index in [-0.39, 0.29) is 5.38 Å². The molecule has 0 heterocycles. The molecule has 0 radical (unpaired) electrons. The zero-order chi connectivity index (χ0) is 13.8. The molecule has 0 aliphatic carbocycles. The van der Waals surface area contributed by atoms with Gasteiger partial charge in [-0.25, -0.2) is 0 Å². The zero-order valence-electron chi connectivity index (χ0n) is 11.0. The van der Waals surface area contributed by atoms with Crippen molar-refractivity contribution in [1.29, 1.82) is 0 Å². The summed E-state index contributed by atoms with van der Waals surface area (Å²) in [4.78, 5) is 0. The van der Waals surface area contributed by atoms with Gasteiger partial charge in [0.25, 0.3) is 0 Å². The van der Waals surface area contributed by atoms with Gasteiger partial charge in [-0.05, 0) is 36.1 Å². The fourth-order valence-corrected chi connectivity index (χ4v) is 3.11. The Morgan fingerprint density at radius 3 is 2.63 bits per heavy atom. The van der Waals surface area contributed by atoms with Crippen molar-refractivity contribution in [2.24, 2.45) is 0 Å². The molecule has 0 spiro atoms. The van der Waals surface area contributed by atoms with Crippen molar-refractivity contribution in [3.05, 3.63) is 63.6 Å². The molecular formula is C16H16BrClO. The van der Waals surface area contributed by atoms with Crippen molar-refractivity contribution >= 4 is 27.5 Å². The number of hydrogen-bond acceptors (Lipinski definition) is 1. The van der Waals surface area contributed by atoms with Crippen LogP contribution in [0, 0.1) is 6.92 Å². The maximum atomic E-state index is 6.56. The molecule has 1 nitrogen and oxygen atoms in total. The molecule has 0 saturated carbocycles. The number of methoxy groups -OCH3 is 1. The highest BCUT2D eigenvalue weighted by Crippen LogP contribution is 2.34. The number of alkyl halides is 1. The molecule has 0 bridgehead atoms. The Morgan fingerprint density at radius 1 is 1.16 bits per heavy atom. The summed E-state index contributed by atoms with van der Waals surface area (Å²) in [6.07, 6.45) is 0.744. The minimum atomic E-state index is -0.0782. The SMILES string of the molecule is COc1ccccc1CC(Cl)c1cccc(C)c1Br. The smallest absolute Gasteiger partial charge is 0.122 e. The van der Waals surface area contributed by atoms with Crippen molar-refractivity contribution in [3.8, 4) is 5.75 Å². The van der Waals surface area contributed by atoms with Crippen molar-refractivity contribution < 1.29 is 4.74 Å². The van der Waals surface area contributed by atoms with Crippen molar-refractivity contribution in [2.45, 2.75) is 18.7 Å². The lowest BCUT2D eigenvalue weighted by Crippen LogP contribution is -2.00. The van der Waals surface area contributed by atoms with Gasteiger partial charge >= 0.3 is 0 Å². The number of rotatable bonds is 4. The van der Waals surface area contributed by atoms with Crippen LogP contribution < -0.4 is 4.74 Å². The Kier molecular flexibility index (Phi) is 4.89. The van der Waals surface area contributed by atoms with Crippen LogP contribution in [0.1, 0.15) is 22.1 Å². The summed E-state index contributed by atoms with van der Waals surface area (Å²) >= 11 is 10.2. The van der Waals surface area contributed by atoms with Crippen LogP contribution in [0.25, 0.3) is 0 Å². The van der Waals surface area contributed by atoms with Gasteiger partial charge < -0.3 is 4.74 Å². The van der Waals surface area contributed by atoms with E-state index in [4.69, 9.17) is 16.3 Å². The standard InChI is InChI=1S/C16H16BrClO/c1-11-6-5-8-13(16(11)17)14(18)10-12-7-3-4-9-15(12)19-2/h3-9,14H,10H2,1-2H3. The van der Waals surface area contributed by atoms with Crippen LogP contribution in [0.3, 0.4) is 0 Å². The molecule has 2 aromatic rings. The first kappa shape index (κ1) is 14.4. The van der Waals surface area contributed by atoms with Gasteiger partial charge in [0.05, 0.1) is 12.5 Å². The van der Waals surface area contributed by atoms with E-state index in [9.17, 15) is 0 Å². The Labute approximate surface area is 127 Å². The van der Waals surface area contributed by atoms with Gasteiger partial charge in [0.15, 0.2) is 0 Å². The number of aryl methyl sites for hydroxylation is 1. The second-order valence-corrected chi connectivity index (χ2v) is 5.78. The highest BCUT2D eigenvalue weighted by molar-refractivity contribution is 9.10. The highest BCUT2D eigenvalue weighted by atomic mass is 79.9. The third-order valence-electron chi connectivity index (χ3n) is 3.15. The third kappa shape index (κ3) is 3.31. The van der Waals surface area contributed by atoms with Gasteiger partial charge in [0.2, 0.25) is 0 Å². The first-order valence-electron chi connectivity index (χ1n) is 6.14. The maximum Gasteiger partial charge on any atom is 0.122 e. The Hall–Kier alpha value is -0.990. The Bertz CT molecular complexity index is 568. The molecule has 3 heteroatoms. The first-order valence-corrected chi connectivity index (χ1v) is 7.37. The van der Waals surface area contributed by atoms with Gasteiger partial charge in [-0.3, -0.25) is 0 Å². The normalized spacial score (nSPS) is 12.2. The molecule has 0 aliphatic heterocycles. The minimum absolute atomic E-state index is 0.0782. The average Bonchev–Trinajstić information content (AvgIpc) is 2.42. The molecule has 19 heavy (non-hydrogen) atoms. The van der Waals surface area contributed by atoms with E-state index in [0.717, 1.165) is 27.8 Å². The molecule has 0 aromatic heterocycles. The van der Waals surface area contributed by atoms with E-state index >= 15 is 0 Å².